The van der Waals surface area contributed by atoms with Crippen molar-refractivity contribution in [2.45, 2.75) is 32.1 Å². The molecule has 0 bridgehead atoms. The normalized spacial score (nSPS) is 13.1. The van der Waals surface area contributed by atoms with Crippen molar-refractivity contribution in [1.29, 1.82) is 0 Å². The minimum atomic E-state index is -4.57. The number of carbonyl (C=O) groups is 2. The van der Waals surface area contributed by atoms with Gasteiger partial charge in [0.1, 0.15) is 12.1 Å². The van der Waals surface area contributed by atoms with Gasteiger partial charge in [0.2, 0.25) is 0 Å². The van der Waals surface area contributed by atoms with Crippen LogP contribution in [0.4, 0.5) is 18.9 Å². The van der Waals surface area contributed by atoms with Crippen LogP contribution in [0.15, 0.2) is 60.7 Å². The Bertz CT molecular complexity index is 1260. The van der Waals surface area contributed by atoms with Gasteiger partial charge in [-0.3, -0.25) is 9.59 Å². The van der Waals surface area contributed by atoms with Crippen LogP contribution in [0.2, 0.25) is 10.0 Å². The van der Waals surface area contributed by atoms with E-state index in [2.05, 4.69) is 10.6 Å². The molecule has 0 saturated carbocycles. The number of hydrogen-bond donors (Lipinski definition) is 3. The summed E-state index contributed by atoms with van der Waals surface area (Å²) >= 11 is 12.2. The summed E-state index contributed by atoms with van der Waals surface area (Å²) in [6.07, 6.45) is -4.57. The molecule has 0 aromatic heterocycles. The second-order valence-electron chi connectivity index (χ2n) is 7.94. The van der Waals surface area contributed by atoms with Crippen molar-refractivity contribution in [1.82, 2.24) is 5.32 Å². The first-order valence-corrected chi connectivity index (χ1v) is 11.2. The minimum Gasteiger partial charge on any atom is -0.480 e. The van der Waals surface area contributed by atoms with Crippen LogP contribution in [-0.2, 0) is 4.79 Å². The number of carboxylic acid groups (broad SMARTS) is 1. The van der Waals surface area contributed by atoms with E-state index in [1.165, 1.54) is 43.3 Å². The molecule has 0 aliphatic rings. The number of benzene rings is 3. The molecule has 2 unspecified atom stereocenters. The van der Waals surface area contributed by atoms with E-state index in [0.29, 0.717) is 21.7 Å². The van der Waals surface area contributed by atoms with E-state index >= 15 is 0 Å². The molecule has 35 heavy (non-hydrogen) atoms. The Hall–Kier alpha value is -3.23. The number of halogens is 5. The van der Waals surface area contributed by atoms with Gasteiger partial charge in [0.25, 0.3) is 5.91 Å². The van der Waals surface area contributed by atoms with Crippen LogP contribution >= 0.6 is 23.2 Å². The van der Waals surface area contributed by atoms with E-state index in [4.69, 9.17) is 28.3 Å². The molecule has 3 rings (SSSR count). The molecule has 0 radical (unpaired) electrons. The molecule has 0 saturated heterocycles. The third kappa shape index (κ3) is 6.46. The number of alkyl halides is 3. The van der Waals surface area contributed by atoms with Crippen LogP contribution in [0, 0.1) is 6.92 Å². The monoisotopic (exact) mass is 524 g/mol. The van der Waals surface area contributed by atoms with Crippen LogP contribution in [0.25, 0.3) is 11.1 Å². The predicted octanol–water partition coefficient (Wildman–Crippen LogP) is 6.89. The molecule has 0 spiro atoms. The maximum atomic E-state index is 13.9. The zero-order chi connectivity index (χ0) is 25.9. The molecule has 3 aromatic rings. The van der Waals surface area contributed by atoms with Gasteiger partial charge >= 0.3 is 12.1 Å². The summed E-state index contributed by atoms with van der Waals surface area (Å²) in [5.41, 5.74) is 1.99. The summed E-state index contributed by atoms with van der Waals surface area (Å²) in [4.78, 5) is 23.2. The van der Waals surface area contributed by atoms with Crippen molar-refractivity contribution < 1.29 is 27.9 Å². The molecule has 2 atom stereocenters. The van der Waals surface area contributed by atoms with Crippen molar-refractivity contribution in [3.8, 4) is 11.1 Å². The summed E-state index contributed by atoms with van der Waals surface area (Å²) < 4.78 is 41.6. The van der Waals surface area contributed by atoms with Crippen molar-refractivity contribution in [3.05, 3.63) is 87.4 Å². The highest BCUT2D eigenvalue weighted by Crippen LogP contribution is 2.37. The average molecular weight is 525 g/mol. The fourth-order valence-electron chi connectivity index (χ4n) is 3.37. The highest BCUT2D eigenvalue weighted by atomic mass is 35.5. The lowest BCUT2D eigenvalue weighted by Crippen LogP contribution is -2.38. The Kier molecular flexibility index (Phi) is 7.97. The van der Waals surface area contributed by atoms with E-state index in [1.807, 2.05) is 0 Å². The molecule has 5 nitrogen and oxygen atoms in total. The van der Waals surface area contributed by atoms with E-state index in [1.54, 1.807) is 31.2 Å². The first-order valence-electron chi connectivity index (χ1n) is 10.4. The zero-order valence-electron chi connectivity index (χ0n) is 18.6. The third-order valence-electron chi connectivity index (χ3n) is 5.28. The van der Waals surface area contributed by atoms with E-state index < -0.39 is 30.1 Å². The van der Waals surface area contributed by atoms with Gasteiger partial charge in [0, 0.05) is 10.7 Å². The van der Waals surface area contributed by atoms with Crippen LogP contribution in [0.5, 0.6) is 0 Å². The molecule has 0 heterocycles. The second kappa shape index (κ2) is 10.6. The van der Waals surface area contributed by atoms with Gasteiger partial charge in [-0.2, -0.15) is 13.2 Å². The molecule has 184 valence electrons. The van der Waals surface area contributed by atoms with Gasteiger partial charge in [-0.1, -0.05) is 53.5 Å². The maximum Gasteiger partial charge on any atom is 0.412 e. The largest absolute Gasteiger partial charge is 0.480 e. The third-order valence-corrected chi connectivity index (χ3v) is 6.02. The number of hydrogen-bond acceptors (Lipinski definition) is 3. The lowest BCUT2D eigenvalue weighted by atomic mass is 10.0. The topological polar surface area (TPSA) is 78.4 Å². The standard InChI is InChI=1S/C25H21Cl2F3N2O3/c1-13-10-17(7-9-20(13)26)22(25(28,29)30)32-18-5-3-4-15(11-18)16-6-8-19(21(27)12-16)23(33)31-14(2)24(34)35/h3-12,14,22,32H,1-2H3,(H,31,33)(H,34,35). The summed E-state index contributed by atoms with van der Waals surface area (Å²) in [7, 11) is 0. The summed E-state index contributed by atoms with van der Waals surface area (Å²) in [6.45, 7) is 2.95. The van der Waals surface area contributed by atoms with Crippen molar-refractivity contribution in [3.63, 3.8) is 0 Å². The Morgan fingerprint density at radius 3 is 2.23 bits per heavy atom. The average Bonchev–Trinajstić information content (AvgIpc) is 2.78. The molecule has 10 heteroatoms. The molecule has 1 amide bonds. The summed E-state index contributed by atoms with van der Waals surface area (Å²) in [6, 6.07) is 11.9. The molecule has 3 N–H and O–H groups in total. The van der Waals surface area contributed by atoms with E-state index in [-0.39, 0.29) is 21.8 Å². The fourth-order valence-corrected chi connectivity index (χ4v) is 3.76. The number of aryl methyl sites for hydroxylation is 1. The quantitative estimate of drug-likeness (QED) is 0.314. The highest BCUT2D eigenvalue weighted by Gasteiger charge is 2.41. The van der Waals surface area contributed by atoms with Crippen molar-refractivity contribution in [2.24, 2.45) is 0 Å². The number of carbonyl (C=O) groups excluding carboxylic acids is 1. The number of rotatable bonds is 7. The Balaban J connectivity index is 1.87. The number of aliphatic carboxylic acids is 1. The van der Waals surface area contributed by atoms with Crippen LogP contribution in [0.1, 0.15) is 34.5 Å². The van der Waals surface area contributed by atoms with Gasteiger partial charge in [0.15, 0.2) is 0 Å². The second-order valence-corrected chi connectivity index (χ2v) is 8.75. The van der Waals surface area contributed by atoms with Gasteiger partial charge < -0.3 is 15.7 Å². The first-order chi connectivity index (χ1) is 16.4. The lowest BCUT2D eigenvalue weighted by Gasteiger charge is -2.24. The lowest BCUT2D eigenvalue weighted by molar-refractivity contribution is -0.144. The van der Waals surface area contributed by atoms with Gasteiger partial charge in [-0.25, -0.2) is 0 Å². The maximum absolute atomic E-state index is 13.9. The zero-order valence-corrected chi connectivity index (χ0v) is 20.1. The molecule has 0 fully saturated rings. The van der Waals surface area contributed by atoms with Crippen molar-refractivity contribution >= 4 is 40.8 Å². The molecule has 0 aliphatic carbocycles. The van der Waals surface area contributed by atoms with Crippen LogP contribution < -0.4 is 10.6 Å². The van der Waals surface area contributed by atoms with Gasteiger partial charge in [-0.15, -0.1) is 0 Å². The number of nitrogens with one attached hydrogen (secondary N) is 2. The number of carboxylic acids is 1. The van der Waals surface area contributed by atoms with Crippen LogP contribution in [-0.4, -0.2) is 29.2 Å². The van der Waals surface area contributed by atoms with Gasteiger partial charge in [0.05, 0.1) is 10.6 Å². The van der Waals surface area contributed by atoms with Gasteiger partial charge in [-0.05, 0) is 66.4 Å². The predicted molar refractivity (Wildman–Crippen MR) is 130 cm³/mol. The SMILES string of the molecule is Cc1cc(C(Nc2cccc(-c3ccc(C(=O)NC(C)C(=O)O)c(Cl)c3)c2)C(F)(F)F)ccc1Cl. The number of amides is 1. The molecular formula is C25H21Cl2F3N2O3. The smallest absolute Gasteiger partial charge is 0.412 e. The summed E-state index contributed by atoms with van der Waals surface area (Å²) in [5, 5.41) is 14.3. The first kappa shape index (κ1) is 26.4. The Morgan fingerprint density at radius 1 is 0.943 bits per heavy atom. The molecule has 0 aliphatic heterocycles. The highest BCUT2D eigenvalue weighted by molar-refractivity contribution is 6.34. The summed E-state index contributed by atoms with van der Waals surface area (Å²) in [5.74, 6) is -1.85. The minimum absolute atomic E-state index is 0.0267. The Labute approximate surface area is 209 Å². The van der Waals surface area contributed by atoms with E-state index in [0.717, 1.165) is 0 Å². The Morgan fingerprint density at radius 2 is 1.63 bits per heavy atom. The van der Waals surface area contributed by atoms with E-state index in [9.17, 15) is 22.8 Å². The van der Waals surface area contributed by atoms with Crippen molar-refractivity contribution in [2.75, 3.05) is 5.32 Å². The molecular weight excluding hydrogens is 504 g/mol. The number of anilines is 1. The fraction of sp³-hybridized carbons (Fsp3) is 0.200. The molecule has 3 aromatic carbocycles. The van der Waals surface area contributed by atoms with Crippen LogP contribution in [0.3, 0.4) is 0 Å².